The topological polar surface area (TPSA) is 0 Å². The van der Waals surface area contributed by atoms with Gasteiger partial charge in [0, 0.05) is 0 Å². The van der Waals surface area contributed by atoms with Crippen LogP contribution < -0.4 is 0 Å². The number of terminal acetylenes is 1. The van der Waals surface area contributed by atoms with Gasteiger partial charge < -0.3 is 0 Å². The summed E-state index contributed by atoms with van der Waals surface area (Å²) < 4.78 is 0. The fourth-order valence-electron chi connectivity index (χ4n) is 1.13. The molecule has 0 radical (unpaired) electrons. The van der Waals surface area contributed by atoms with Crippen molar-refractivity contribution in [2.24, 2.45) is 0 Å². The van der Waals surface area contributed by atoms with Gasteiger partial charge in [-0.1, -0.05) is 68.2 Å². The van der Waals surface area contributed by atoms with Crippen LogP contribution in [-0.2, 0) is 0 Å². The average Bonchev–Trinajstić information content (AvgIpc) is 2.29. The van der Waals surface area contributed by atoms with Crippen molar-refractivity contribution in [1.82, 2.24) is 0 Å². The number of rotatable bonds is 0. The monoisotopic (exact) mass is 226 g/mol. The zero-order chi connectivity index (χ0) is 12.0. The van der Waals surface area contributed by atoms with Gasteiger partial charge in [-0.05, 0) is 10.8 Å². The minimum atomic E-state index is -1.10. The lowest BCUT2D eigenvalue weighted by Gasteiger charge is -2.00. The summed E-state index contributed by atoms with van der Waals surface area (Å²) in [5.74, 6) is 0. The zero-order valence-electron chi connectivity index (χ0n) is 10.2. The maximum atomic E-state index is 5.12. The van der Waals surface area contributed by atoms with Crippen LogP contribution in [0.25, 0.3) is 10.8 Å². The Labute approximate surface area is 99.3 Å². The van der Waals surface area contributed by atoms with Gasteiger partial charge in [0.25, 0.3) is 0 Å². The van der Waals surface area contributed by atoms with Crippen molar-refractivity contribution >= 4 is 18.8 Å². The van der Waals surface area contributed by atoms with E-state index in [1.165, 1.54) is 10.8 Å². The SMILES string of the molecule is C#C[Si](C)(C)C.c1ccc2ccccc2c1. The number of benzene rings is 2. The van der Waals surface area contributed by atoms with E-state index in [4.69, 9.17) is 6.42 Å². The predicted molar refractivity (Wildman–Crippen MR) is 76.1 cm³/mol. The Kier molecular flexibility index (Phi) is 4.34. The third kappa shape index (κ3) is 4.33. The maximum Gasteiger partial charge on any atom is 0.128 e. The molecule has 0 unspecified atom stereocenters. The van der Waals surface area contributed by atoms with Crippen LogP contribution in [0.15, 0.2) is 48.5 Å². The second-order valence-electron chi connectivity index (χ2n) is 4.74. The highest BCUT2D eigenvalue weighted by molar-refractivity contribution is 6.83. The highest BCUT2D eigenvalue weighted by Crippen LogP contribution is 2.11. The van der Waals surface area contributed by atoms with Gasteiger partial charge in [-0.15, -0.1) is 12.0 Å². The molecule has 0 amide bonds. The fourth-order valence-corrected chi connectivity index (χ4v) is 1.13. The molecule has 2 aromatic rings. The maximum absolute atomic E-state index is 5.12. The van der Waals surface area contributed by atoms with Crippen molar-refractivity contribution in [3.8, 4) is 12.0 Å². The smallest absolute Gasteiger partial charge is 0.128 e. The summed E-state index contributed by atoms with van der Waals surface area (Å²) in [5.41, 5.74) is 2.74. The van der Waals surface area contributed by atoms with Crippen LogP contribution in [0.5, 0.6) is 0 Å². The van der Waals surface area contributed by atoms with Crippen molar-refractivity contribution in [2.75, 3.05) is 0 Å². The average molecular weight is 226 g/mol. The largest absolute Gasteiger partial charge is 0.135 e. The molecule has 0 bridgehead atoms. The molecule has 16 heavy (non-hydrogen) atoms. The van der Waals surface area contributed by atoms with Gasteiger partial charge in [-0.3, -0.25) is 0 Å². The summed E-state index contributed by atoms with van der Waals surface area (Å²) >= 11 is 0. The summed E-state index contributed by atoms with van der Waals surface area (Å²) in [6.45, 7) is 6.44. The summed E-state index contributed by atoms with van der Waals surface area (Å²) in [5, 5.41) is 2.62. The summed E-state index contributed by atoms with van der Waals surface area (Å²) in [6.07, 6.45) is 5.12. The second-order valence-corrected chi connectivity index (χ2v) is 9.53. The molecule has 0 fully saturated rings. The van der Waals surface area contributed by atoms with E-state index in [1.54, 1.807) is 0 Å². The van der Waals surface area contributed by atoms with E-state index in [0.717, 1.165) is 0 Å². The summed E-state index contributed by atoms with van der Waals surface area (Å²) in [4.78, 5) is 0. The molecule has 0 saturated heterocycles. The Balaban J connectivity index is 0.000000187. The van der Waals surface area contributed by atoms with Crippen LogP contribution >= 0.6 is 0 Å². The van der Waals surface area contributed by atoms with Crippen molar-refractivity contribution in [3.05, 3.63) is 48.5 Å². The molecule has 0 heterocycles. The second kappa shape index (κ2) is 5.53. The quantitative estimate of drug-likeness (QED) is 0.463. The molecule has 0 aliphatic rings. The predicted octanol–water partition coefficient (Wildman–Crippen LogP) is 4.34. The molecule has 2 aromatic carbocycles. The van der Waals surface area contributed by atoms with Gasteiger partial charge in [0.1, 0.15) is 8.07 Å². The van der Waals surface area contributed by atoms with Crippen LogP contribution in [0.2, 0.25) is 19.6 Å². The highest BCUT2D eigenvalue weighted by Gasteiger charge is 2.05. The Hall–Kier alpha value is -1.52. The van der Waals surface area contributed by atoms with E-state index in [-0.39, 0.29) is 0 Å². The molecule has 0 atom stereocenters. The highest BCUT2D eigenvalue weighted by atomic mass is 28.3. The molecule has 1 heteroatoms. The Morgan fingerprint density at radius 3 is 1.25 bits per heavy atom. The van der Waals surface area contributed by atoms with E-state index >= 15 is 0 Å². The summed E-state index contributed by atoms with van der Waals surface area (Å²) in [6, 6.07) is 16.7. The van der Waals surface area contributed by atoms with Crippen LogP contribution in [0.4, 0.5) is 0 Å². The normalized spacial score (nSPS) is 10.1. The van der Waals surface area contributed by atoms with E-state index < -0.39 is 8.07 Å². The molecular formula is C15H18Si. The molecule has 0 N–H and O–H groups in total. The van der Waals surface area contributed by atoms with E-state index in [9.17, 15) is 0 Å². The van der Waals surface area contributed by atoms with E-state index in [2.05, 4.69) is 73.7 Å². The molecule has 0 aromatic heterocycles. The lowest BCUT2D eigenvalue weighted by Crippen LogP contribution is -2.15. The van der Waals surface area contributed by atoms with Gasteiger partial charge in [-0.25, -0.2) is 0 Å². The van der Waals surface area contributed by atoms with Gasteiger partial charge in [-0.2, -0.15) is 0 Å². The van der Waals surface area contributed by atoms with E-state index in [0.29, 0.717) is 0 Å². The number of fused-ring (bicyclic) bond motifs is 1. The first-order valence-electron chi connectivity index (χ1n) is 5.44. The molecule has 2 rings (SSSR count). The van der Waals surface area contributed by atoms with Crippen molar-refractivity contribution < 1.29 is 0 Å². The Morgan fingerprint density at radius 1 is 0.812 bits per heavy atom. The van der Waals surface area contributed by atoms with Crippen LogP contribution in [0.3, 0.4) is 0 Å². The first-order valence-corrected chi connectivity index (χ1v) is 8.94. The lowest BCUT2D eigenvalue weighted by molar-refractivity contribution is 1.75. The molecule has 82 valence electrons. The van der Waals surface area contributed by atoms with Crippen LogP contribution in [-0.4, -0.2) is 8.07 Å². The van der Waals surface area contributed by atoms with Gasteiger partial charge in [0.05, 0.1) is 0 Å². The number of hydrogen-bond donors (Lipinski definition) is 0. The van der Waals surface area contributed by atoms with Crippen molar-refractivity contribution in [1.29, 1.82) is 0 Å². The lowest BCUT2D eigenvalue weighted by atomic mass is 10.1. The van der Waals surface area contributed by atoms with Crippen LogP contribution in [0, 0.1) is 12.0 Å². The van der Waals surface area contributed by atoms with Gasteiger partial charge >= 0.3 is 0 Å². The fraction of sp³-hybridized carbons (Fsp3) is 0.200. The van der Waals surface area contributed by atoms with Gasteiger partial charge in [0.15, 0.2) is 0 Å². The molecule has 0 spiro atoms. The minimum absolute atomic E-state index is 1.10. The molecule has 0 nitrogen and oxygen atoms in total. The van der Waals surface area contributed by atoms with Crippen LogP contribution in [0.1, 0.15) is 0 Å². The van der Waals surface area contributed by atoms with Crippen molar-refractivity contribution in [2.45, 2.75) is 19.6 Å². The van der Waals surface area contributed by atoms with Crippen molar-refractivity contribution in [3.63, 3.8) is 0 Å². The third-order valence-corrected chi connectivity index (χ3v) is 2.96. The first kappa shape index (κ1) is 12.5. The number of hydrogen-bond acceptors (Lipinski definition) is 0. The molecule has 0 saturated carbocycles. The van der Waals surface area contributed by atoms with E-state index in [1.807, 2.05) is 0 Å². The minimum Gasteiger partial charge on any atom is -0.135 e. The van der Waals surface area contributed by atoms with Gasteiger partial charge in [0.2, 0.25) is 0 Å². The molecule has 0 aliphatic carbocycles. The Morgan fingerprint density at radius 2 is 1.06 bits per heavy atom. The standard InChI is InChI=1S/C10H8.C5H10Si/c1-2-6-10-8-4-3-7-9(10)5-1;1-5-6(2,3)4/h1-8H;1H,2-4H3. The third-order valence-electron chi connectivity index (χ3n) is 2.09. The summed E-state index contributed by atoms with van der Waals surface area (Å²) in [7, 11) is -1.10. The first-order chi connectivity index (χ1) is 7.53. The zero-order valence-corrected chi connectivity index (χ0v) is 11.2. The molecule has 0 aliphatic heterocycles. The Bertz CT molecular complexity index is 421. The molecular weight excluding hydrogens is 208 g/mol.